The first kappa shape index (κ1) is 15.5. The fourth-order valence-corrected chi connectivity index (χ4v) is 3.34. The van der Waals surface area contributed by atoms with E-state index in [0.29, 0.717) is 16.5 Å². The Hall–Kier alpha value is -3.74. The van der Waals surface area contributed by atoms with Crippen molar-refractivity contribution in [2.45, 2.75) is 0 Å². The van der Waals surface area contributed by atoms with Gasteiger partial charge in [0.2, 0.25) is 5.82 Å². The van der Waals surface area contributed by atoms with Gasteiger partial charge in [-0.15, -0.1) is 0 Å². The van der Waals surface area contributed by atoms with Gasteiger partial charge in [0.15, 0.2) is 0 Å². The van der Waals surface area contributed by atoms with Crippen molar-refractivity contribution in [3.63, 3.8) is 0 Å². The summed E-state index contributed by atoms with van der Waals surface area (Å²) in [6.45, 7) is 0. The van der Waals surface area contributed by atoms with Crippen molar-refractivity contribution in [2.24, 2.45) is 7.05 Å². The second-order valence-electron chi connectivity index (χ2n) is 6.32. The summed E-state index contributed by atoms with van der Waals surface area (Å²) in [4.78, 5) is 20.2. The topological polar surface area (TPSA) is 76.7 Å². The number of aryl methyl sites for hydroxylation is 1. The van der Waals surface area contributed by atoms with Gasteiger partial charge in [-0.05, 0) is 24.3 Å². The van der Waals surface area contributed by atoms with E-state index in [4.69, 9.17) is 4.52 Å². The molecule has 0 radical (unpaired) electrons. The maximum absolute atomic E-state index is 13.6. The highest BCUT2D eigenvalue weighted by atomic mass is 19.1. The summed E-state index contributed by atoms with van der Waals surface area (Å²) in [5.41, 5.74) is 2.75. The normalized spacial score (nSPS) is 11.5. The molecule has 0 aliphatic rings. The van der Waals surface area contributed by atoms with Gasteiger partial charge in [-0.2, -0.15) is 4.98 Å². The van der Waals surface area contributed by atoms with Crippen LogP contribution in [0.2, 0.25) is 0 Å². The standard InChI is InChI=1S/C20H13FN4O2/c1-25-10-15(12-4-2-3-5-17(12)25)18(26)20-23-19(24-27-20)14-9-22-16-7-6-11(21)8-13(14)16/h2-10,22H,1H3. The van der Waals surface area contributed by atoms with Crippen molar-refractivity contribution in [3.05, 3.63) is 72.1 Å². The second kappa shape index (κ2) is 5.63. The summed E-state index contributed by atoms with van der Waals surface area (Å²) in [5.74, 6) is -0.585. The number of nitrogens with zero attached hydrogens (tertiary/aromatic N) is 3. The summed E-state index contributed by atoms with van der Waals surface area (Å²) < 4.78 is 20.7. The number of hydrogen-bond acceptors (Lipinski definition) is 4. The van der Waals surface area contributed by atoms with Crippen molar-refractivity contribution >= 4 is 27.6 Å². The van der Waals surface area contributed by atoms with Crippen LogP contribution in [0.15, 0.2) is 59.4 Å². The Bertz CT molecular complexity index is 1330. The van der Waals surface area contributed by atoms with Crippen LogP contribution in [0.25, 0.3) is 33.2 Å². The van der Waals surface area contributed by atoms with Crippen LogP contribution in [0.1, 0.15) is 16.2 Å². The van der Waals surface area contributed by atoms with Crippen LogP contribution >= 0.6 is 0 Å². The molecule has 3 heterocycles. The Labute approximate surface area is 152 Å². The lowest BCUT2D eigenvalue weighted by molar-refractivity contribution is 0.0995. The molecule has 132 valence electrons. The van der Waals surface area contributed by atoms with E-state index in [-0.39, 0.29) is 23.3 Å². The van der Waals surface area contributed by atoms with Gasteiger partial charge in [0.05, 0.1) is 5.56 Å². The zero-order chi connectivity index (χ0) is 18.5. The number of para-hydroxylation sites is 1. The summed E-state index contributed by atoms with van der Waals surface area (Å²) in [6, 6.07) is 12.0. The molecule has 5 rings (SSSR count). The molecule has 5 aromatic rings. The third-order valence-electron chi connectivity index (χ3n) is 4.65. The Kier molecular flexibility index (Phi) is 3.24. The number of nitrogens with one attached hydrogen (secondary N) is 1. The molecular formula is C20H13FN4O2. The molecule has 0 atom stereocenters. The number of carbonyl (C=O) groups is 1. The molecule has 0 spiro atoms. The number of carbonyl (C=O) groups excluding carboxylic acids is 1. The summed E-state index contributed by atoms with van der Waals surface area (Å²) in [7, 11) is 1.87. The monoisotopic (exact) mass is 360 g/mol. The first-order valence-corrected chi connectivity index (χ1v) is 8.31. The third kappa shape index (κ3) is 2.36. The van der Waals surface area contributed by atoms with E-state index < -0.39 is 0 Å². The average molecular weight is 360 g/mol. The van der Waals surface area contributed by atoms with E-state index in [2.05, 4.69) is 15.1 Å². The van der Waals surface area contributed by atoms with Crippen LogP contribution in [0.5, 0.6) is 0 Å². The van der Waals surface area contributed by atoms with Gasteiger partial charge in [-0.25, -0.2) is 4.39 Å². The highest BCUT2D eigenvalue weighted by Crippen LogP contribution is 2.28. The fourth-order valence-electron chi connectivity index (χ4n) is 3.34. The highest BCUT2D eigenvalue weighted by Gasteiger charge is 2.23. The van der Waals surface area contributed by atoms with E-state index in [0.717, 1.165) is 16.4 Å². The largest absolute Gasteiger partial charge is 0.360 e. The fraction of sp³-hybridized carbons (Fsp3) is 0.0500. The number of rotatable bonds is 3. The van der Waals surface area contributed by atoms with E-state index in [9.17, 15) is 9.18 Å². The number of H-pyrrole nitrogens is 1. The van der Waals surface area contributed by atoms with Crippen LogP contribution in [-0.2, 0) is 7.05 Å². The van der Waals surface area contributed by atoms with Crippen molar-refractivity contribution < 1.29 is 13.7 Å². The lowest BCUT2D eigenvalue weighted by Gasteiger charge is -1.94. The summed E-state index contributed by atoms with van der Waals surface area (Å²) in [6.07, 6.45) is 3.42. The Morgan fingerprint density at radius 2 is 2.04 bits per heavy atom. The number of hydrogen-bond donors (Lipinski definition) is 1. The Morgan fingerprint density at radius 1 is 1.19 bits per heavy atom. The van der Waals surface area contributed by atoms with Gasteiger partial charge in [0.25, 0.3) is 11.7 Å². The van der Waals surface area contributed by atoms with E-state index in [1.807, 2.05) is 35.9 Å². The minimum absolute atomic E-state index is 0.105. The van der Waals surface area contributed by atoms with Gasteiger partial charge in [-0.1, -0.05) is 23.4 Å². The van der Waals surface area contributed by atoms with Crippen molar-refractivity contribution in [3.8, 4) is 11.4 Å². The number of fused-ring (bicyclic) bond motifs is 2. The van der Waals surface area contributed by atoms with Gasteiger partial charge in [-0.3, -0.25) is 4.79 Å². The quantitative estimate of drug-likeness (QED) is 0.492. The minimum atomic E-state index is -0.362. The number of benzene rings is 2. The van der Waals surface area contributed by atoms with Gasteiger partial charge >= 0.3 is 0 Å². The zero-order valence-electron chi connectivity index (χ0n) is 14.2. The Balaban J connectivity index is 1.58. The van der Waals surface area contributed by atoms with E-state index in [1.165, 1.54) is 12.1 Å². The van der Waals surface area contributed by atoms with Crippen molar-refractivity contribution in [1.82, 2.24) is 19.7 Å². The predicted molar refractivity (Wildman–Crippen MR) is 97.9 cm³/mol. The summed E-state index contributed by atoms with van der Waals surface area (Å²) >= 11 is 0. The van der Waals surface area contributed by atoms with Crippen LogP contribution in [0.4, 0.5) is 4.39 Å². The molecule has 0 saturated heterocycles. The van der Waals surface area contributed by atoms with E-state index >= 15 is 0 Å². The number of aromatic nitrogens is 4. The van der Waals surface area contributed by atoms with Gasteiger partial charge in [0, 0.05) is 46.8 Å². The molecule has 0 aliphatic carbocycles. The molecule has 3 aromatic heterocycles. The molecule has 0 unspecified atom stereocenters. The van der Waals surface area contributed by atoms with Crippen molar-refractivity contribution in [1.29, 1.82) is 0 Å². The summed E-state index contributed by atoms with van der Waals surface area (Å²) in [5, 5.41) is 5.36. The van der Waals surface area contributed by atoms with Gasteiger partial charge in [0.1, 0.15) is 5.82 Å². The van der Waals surface area contributed by atoms with Crippen LogP contribution in [0, 0.1) is 5.82 Å². The van der Waals surface area contributed by atoms with E-state index in [1.54, 1.807) is 18.5 Å². The maximum Gasteiger partial charge on any atom is 0.299 e. The van der Waals surface area contributed by atoms with Crippen molar-refractivity contribution in [2.75, 3.05) is 0 Å². The molecule has 1 N–H and O–H groups in total. The van der Waals surface area contributed by atoms with Crippen LogP contribution < -0.4 is 0 Å². The number of aromatic amines is 1. The second-order valence-corrected chi connectivity index (χ2v) is 6.32. The minimum Gasteiger partial charge on any atom is -0.360 e. The maximum atomic E-state index is 13.6. The molecule has 0 amide bonds. The first-order chi connectivity index (χ1) is 13.1. The molecule has 0 fully saturated rings. The van der Waals surface area contributed by atoms with Crippen LogP contribution in [-0.4, -0.2) is 25.5 Å². The average Bonchev–Trinajstić information content (AvgIpc) is 3.38. The smallest absolute Gasteiger partial charge is 0.299 e. The molecular weight excluding hydrogens is 347 g/mol. The highest BCUT2D eigenvalue weighted by molar-refractivity contribution is 6.14. The Morgan fingerprint density at radius 3 is 2.93 bits per heavy atom. The molecule has 27 heavy (non-hydrogen) atoms. The SMILES string of the molecule is Cn1cc(C(=O)c2nc(-c3c[nH]c4ccc(F)cc34)no2)c2ccccc21. The zero-order valence-corrected chi connectivity index (χ0v) is 14.2. The molecule has 2 aromatic carbocycles. The van der Waals surface area contributed by atoms with Crippen LogP contribution in [0.3, 0.4) is 0 Å². The molecule has 7 heteroatoms. The molecule has 6 nitrogen and oxygen atoms in total. The lowest BCUT2D eigenvalue weighted by atomic mass is 10.1. The lowest BCUT2D eigenvalue weighted by Crippen LogP contribution is -2.01. The first-order valence-electron chi connectivity index (χ1n) is 8.31. The number of ketones is 1. The molecule has 0 aliphatic heterocycles. The number of halogens is 1. The predicted octanol–water partition coefficient (Wildman–Crippen LogP) is 4.08. The van der Waals surface area contributed by atoms with Gasteiger partial charge < -0.3 is 14.1 Å². The molecule has 0 saturated carbocycles. The molecule has 0 bridgehead atoms. The third-order valence-corrected chi connectivity index (χ3v) is 4.65.